The summed E-state index contributed by atoms with van der Waals surface area (Å²) >= 11 is 5.92. The highest BCUT2D eigenvalue weighted by Crippen LogP contribution is 2.38. The molecule has 0 saturated carbocycles. The smallest absolute Gasteiger partial charge is 0.421 e. The first-order valence-electron chi connectivity index (χ1n) is 7.10. The van der Waals surface area contributed by atoms with E-state index in [9.17, 15) is 13.2 Å². The van der Waals surface area contributed by atoms with Crippen LogP contribution in [-0.4, -0.2) is 22.6 Å². The number of alkyl halides is 3. The highest BCUT2D eigenvalue weighted by Gasteiger charge is 2.37. The average molecular weight is 360 g/mol. The van der Waals surface area contributed by atoms with E-state index in [1.54, 1.807) is 45.0 Å². The van der Waals surface area contributed by atoms with Crippen LogP contribution in [0.15, 0.2) is 30.5 Å². The third-order valence-electron chi connectivity index (χ3n) is 2.96. The Labute approximate surface area is 143 Å². The summed E-state index contributed by atoms with van der Waals surface area (Å²) in [6.45, 7) is 5.27. The number of benzene rings is 1. The molecule has 1 aromatic heterocycles. The van der Waals surface area contributed by atoms with E-state index in [-0.39, 0.29) is 11.8 Å². The Balaban J connectivity index is 2.53. The normalized spacial score (nSPS) is 12.2. The lowest BCUT2D eigenvalue weighted by Crippen LogP contribution is -2.26. The molecule has 2 aromatic rings. The monoisotopic (exact) mass is 359 g/mol. The van der Waals surface area contributed by atoms with Gasteiger partial charge in [-0.05, 0) is 39.0 Å². The van der Waals surface area contributed by atoms with Gasteiger partial charge in [0.25, 0.3) is 0 Å². The first-order valence-corrected chi connectivity index (χ1v) is 7.48. The van der Waals surface area contributed by atoms with E-state index >= 15 is 0 Å². The maximum absolute atomic E-state index is 13.3. The third-order valence-corrected chi connectivity index (χ3v) is 3.20. The Bertz CT molecular complexity index is 729. The van der Waals surface area contributed by atoms with Gasteiger partial charge in [0.15, 0.2) is 5.82 Å². The number of nitrogens with zero attached hydrogens (tertiary/aromatic N) is 3. The lowest BCUT2D eigenvalue weighted by molar-refractivity contribution is -0.137. The zero-order valence-corrected chi connectivity index (χ0v) is 14.4. The molecule has 8 heteroatoms. The van der Waals surface area contributed by atoms with Crippen molar-refractivity contribution in [2.75, 3.05) is 11.9 Å². The van der Waals surface area contributed by atoms with E-state index in [1.165, 1.54) is 11.9 Å². The molecule has 0 atom stereocenters. The molecular weight excluding hydrogens is 343 g/mol. The minimum Gasteiger partial charge on any atom is -0.458 e. The van der Waals surface area contributed by atoms with Crippen molar-refractivity contribution in [3.05, 3.63) is 41.0 Å². The van der Waals surface area contributed by atoms with Gasteiger partial charge in [-0.15, -0.1) is 0 Å². The topological polar surface area (TPSA) is 38.2 Å². The number of hydrogen-bond acceptors (Lipinski definition) is 4. The molecule has 0 aliphatic carbocycles. The minimum absolute atomic E-state index is 0.126. The Hall–Kier alpha value is -2.02. The summed E-state index contributed by atoms with van der Waals surface area (Å²) in [5, 5.41) is 0.410. The molecule has 0 spiro atoms. The van der Waals surface area contributed by atoms with Gasteiger partial charge in [-0.2, -0.15) is 18.2 Å². The third kappa shape index (κ3) is 4.50. The van der Waals surface area contributed by atoms with Crippen molar-refractivity contribution < 1.29 is 17.9 Å². The Morgan fingerprint density at radius 3 is 2.38 bits per heavy atom. The fourth-order valence-corrected chi connectivity index (χ4v) is 2.13. The number of anilines is 2. The van der Waals surface area contributed by atoms with Crippen LogP contribution >= 0.6 is 11.6 Å². The quantitative estimate of drug-likeness (QED) is 0.764. The summed E-state index contributed by atoms with van der Waals surface area (Å²) in [5.74, 6) is -0.306. The van der Waals surface area contributed by atoms with Gasteiger partial charge in [-0.1, -0.05) is 17.7 Å². The molecular formula is C16H17ClF3N3O. The molecule has 0 fully saturated rings. The fourth-order valence-electron chi connectivity index (χ4n) is 1.94. The molecule has 0 bridgehead atoms. The summed E-state index contributed by atoms with van der Waals surface area (Å²) in [6.07, 6.45) is -3.87. The van der Waals surface area contributed by atoms with E-state index in [0.29, 0.717) is 10.7 Å². The number of ether oxygens (including phenoxy) is 1. The van der Waals surface area contributed by atoms with Gasteiger partial charge in [0.05, 0.1) is 0 Å². The van der Waals surface area contributed by atoms with Crippen LogP contribution in [0.4, 0.5) is 24.7 Å². The minimum atomic E-state index is -4.59. The standard InChI is InChI=1S/C16H17ClF3N3O/c1-15(2,3)24-14-21-9-12(16(18,19)20)13(22-14)23(4)11-7-5-6-10(17)8-11/h5-9H,1-4H3. The molecule has 0 aliphatic heterocycles. The first-order chi connectivity index (χ1) is 11.0. The summed E-state index contributed by atoms with van der Waals surface area (Å²) in [7, 11) is 1.48. The van der Waals surface area contributed by atoms with Crippen molar-refractivity contribution >= 4 is 23.1 Å². The second kappa shape index (κ2) is 6.47. The van der Waals surface area contributed by atoms with Gasteiger partial charge < -0.3 is 9.64 Å². The van der Waals surface area contributed by atoms with Gasteiger partial charge in [0.1, 0.15) is 11.2 Å². The van der Waals surface area contributed by atoms with Crippen LogP contribution < -0.4 is 9.64 Å². The van der Waals surface area contributed by atoms with Gasteiger partial charge in [-0.25, -0.2) is 4.98 Å². The average Bonchev–Trinajstić information content (AvgIpc) is 2.43. The molecule has 1 heterocycles. The molecule has 130 valence electrons. The molecule has 0 N–H and O–H groups in total. The number of aromatic nitrogens is 2. The van der Waals surface area contributed by atoms with Crippen molar-refractivity contribution in [3.8, 4) is 6.01 Å². The highest BCUT2D eigenvalue weighted by molar-refractivity contribution is 6.30. The summed E-state index contributed by atoms with van der Waals surface area (Å²) < 4.78 is 45.4. The van der Waals surface area contributed by atoms with E-state index in [1.807, 2.05) is 0 Å². The van der Waals surface area contributed by atoms with Gasteiger partial charge in [-0.3, -0.25) is 0 Å². The number of rotatable bonds is 3. The summed E-state index contributed by atoms with van der Waals surface area (Å²) in [5.41, 5.74) is -1.12. The van der Waals surface area contributed by atoms with Crippen LogP contribution in [0.2, 0.25) is 5.02 Å². The maximum Gasteiger partial charge on any atom is 0.421 e. The van der Waals surface area contributed by atoms with Gasteiger partial charge in [0, 0.05) is 24.0 Å². The van der Waals surface area contributed by atoms with Crippen LogP contribution in [0.25, 0.3) is 0 Å². The van der Waals surface area contributed by atoms with Crippen molar-refractivity contribution in [1.29, 1.82) is 0 Å². The number of hydrogen-bond donors (Lipinski definition) is 0. The molecule has 1 aromatic carbocycles. The first kappa shape index (κ1) is 18.3. The molecule has 0 radical (unpaired) electrons. The van der Waals surface area contributed by atoms with Crippen LogP contribution in [-0.2, 0) is 6.18 Å². The van der Waals surface area contributed by atoms with Crippen molar-refractivity contribution in [3.63, 3.8) is 0 Å². The van der Waals surface area contributed by atoms with Crippen LogP contribution in [0, 0.1) is 0 Å². The Morgan fingerprint density at radius 1 is 1.17 bits per heavy atom. The van der Waals surface area contributed by atoms with Crippen LogP contribution in [0.1, 0.15) is 26.3 Å². The van der Waals surface area contributed by atoms with E-state index in [2.05, 4.69) is 9.97 Å². The molecule has 0 amide bonds. The summed E-state index contributed by atoms with van der Waals surface area (Å²) in [4.78, 5) is 8.94. The molecule has 0 aliphatic rings. The zero-order chi connectivity index (χ0) is 18.1. The van der Waals surface area contributed by atoms with Crippen molar-refractivity contribution in [2.45, 2.75) is 32.5 Å². The Kier molecular flexibility index (Phi) is 4.94. The molecule has 2 rings (SSSR count). The maximum atomic E-state index is 13.3. The lowest BCUT2D eigenvalue weighted by atomic mass is 10.2. The molecule has 24 heavy (non-hydrogen) atoms. The van der Waals surface area contributed by atoms with Crippen LogP contribution in [0.3, 0.4) is 0 Å². The van der Waals surface area contributed by atoms with Crippen LogP contribution in [0.5, 0.6) is 6.01 Å². The van der Waals surface area contributed by atoms with Crippen molar-refractivity contribution in [2.24, 2.45) is 0 Å². The fraction of sp³-hybridized carbons (Fsp3) is 0.375. The SMILES string of the molecule is CN(c1cccc(Cl)c1)c1nc(OC(C)(C)C)ncc1C(F)(F)F. The molecule has 0 saturated heterocycles. The molecule has 0 unspecified atom stereocenters. The summed E-state index contributed by atoms with van der Waals surface area (Å²) in [6, 6.07) is 6.35. The second-order valence-corrected chi connectivity index (χ2v) is 6.58. The van der Waals surface area contributed by atoms with E-state index in [4.69, 9.17) is 16.3 Å². The molecule has 4 nitrogen and oxygen atoms in total. The zero-order valence-electron chi connectivity index (χ0n) is 13.6. The Morgan fingerprint density at radius 2 is 1.83 bits per heavy atom. The largest absolute Gasteiger partial charge is 0.458 e. The van der Waals surface area contributed by atoms with Crippen molar-refractivity contribution in [1.82, 2.24) is 9.97 Å². The number of halogens is 4. The van der Waals surface area contributed by atoms with Gasteiger partial charge >= 0.3 is 12.2 Å². The second-order valence-electron chi connectivity index (χ2n) is 6.14. The predicted molar refractivity (Wildman–Crippen MR) is 86.9 cm³/mol. The van der Waals surface area contributed by atoms with Gasteiger partial charge in [0.2, 0.25) is 0 Å². The van der Waals surface area contributed by atoms with E-state index < -0.39 is 17.3 Å². The predicted octanol–water partition coefficient (Wildman–Crippen LogP) is 5.09. The lowest BCUT2D eigenvalue weighted by Gasteiger charge is -2.24. The highest BCUT2D eigenvalue weighted by atomic mass is 35.5. The van der Waals surface area contributed by atoms with E-state index in [0.717, 1.165) is 6.20 Å².